The van der Waals surface area contributed by atoms with Crippen molar-refractivity contribution in [1.29, 1.82) is 0 Å². The number of carbonyl (C=O) groups is 1. The maximum absolute atomic E-state index is 12.3. The maximum atomic E-state index is 12.3. The summed E-state index contributed by atoms with van der Waals surface area (Å²) < 4.78 is 36.9. The number of alkyl halides is 3. The number of fused-ring (bicyclic) bond motifs is 2. The van der Waals surface area contributed by atoms with Gasteiger partial charge < -0.3 is 10.4 Å². The fourth-order valence-electron chi connectivity index (χ4n) is 3.91. The zero-order chi connectivity index (χ0) is 14.4. The first-order chi connectivity index (χ1) is 8.67. The van der Waals surface area contributed by atoms with Crippen molar-refractivity contribution in [3.05, 3.63) is 0 Å². The van der Waals surface area contributed by atoms with E-state index >= 15 is 0 Å². The third-order valence-corrected chi connectivity index (χ3v) is 5.15. The minimum Gasteiger partial charge on any atom is -0.396 e. The first kappa shape index (κ1) is 14.6. The normalized spacial score (nSPS) is 36.5. The van der Waals surface area contributed by atoms with Gasteiger partial charge in [-0.1, -0.05) is 13.8 Å². The van der Waals surface area contributed by atoms with Crippen molar-refractivity contribution in [3.63, 3.8) is 0 Å². The van der Waals surface area contributed by atoms with Gasteiger partial charge in [-0.2, -0.15) is 13.2 Å². The molecule has 0 aliphatic heterocycles. The molecule has 6 heteroatoms. The number of amides is 1. The second kappa shape index (κ2) is 4.65. The first-order valence-corrected chi connectivity index (χ1v) is 6.66. The van der Waals surface area contributed by atoms with Gasteiger partial charge in [0.05, 0.1) is 0 Å². The van der Waals surface area contributed by atoms with Gasteiger partial charge in [-0.25, -0.2) is 0 Å². The smallest absolute Gasteiger partial charge is 0.396 e. The number of aliphatic hydroxyl groups excluding tert-OH is 1. The van der Waals surface area contributed by atoms with E-state index in [0.717, 1.165) is 6.42 Å². The Balaban J connectivity index is 2.07. The SMILES string of the molecule is CC1(C)[C@H]2C[C@H](NC(=O)C(F)(F)F)[C@@H](CCO)[C@@H]1C2. The van der Waals surface area contributed by atoms with Crippen LogP contribution in [0.4, 0.5) is 13.2 Å². The topological polar surface area (TPSA) is 49.3 Å². The fourth-order valence-corrected chi connectivity index (χ4v) is 3.91. The van der Waals surface area contributed by atoms with E-state index in [9.17, 15) is 18.0 Å². The monoisotopic (exact) mass is 279 g/mol. The van der Waals surface area contributed by atoms with Crippen LogP contribution in [0.1, 0.15) is 33.1 Å². The lowest BCUT2D eigenvalue weighted by molar-refractivity contribution is -0.179. The summed E-state index contributed by atoms with van der Waals surface area (Å²) in [5.41, 5.74) is 0.110. The van der Waals surface area contributed by atoms with Gasteiger partial charge in [0.25, 0.3) is 0 Å². The van der Waals surface area contributed by atoms with Crippen LogP contribution in [0, 0.1) is 23.2 Å². The van der Waals surface area contributed by atoms with E-state index in [1.807, 2.05) is 0 Å². The van der Waals surface area contributed by atoms with Gasteiger partial charge in [-0.3, -0.25) is 4.79 Å². The molecule has 4 atom stereocenters. The molecule has 3 nitrogen and oxygen atoms in total. The van der Waals surface area contributed by atoms with Gasteiger partial charge in [0.2, 0.25) is 0 Å². The van der Waals surface area contributed by atoms with Crippen molar-refractivity contribution in [2.45, 2.75) is 45.3 Å². The van der Waals surface area contributed by atoms with Crippen LogP contribution >= 0.6 is 0 Å². The average Bonchev–Trinajstić information content (AvgIpc) is 2.29. The number of aliphatic hydroxyl groups is 1. The van der Waals surface area contributed by atoms with Crippen LogP contribution in [0.2, 0.25) is 0 Å². The van der Waals surface area contributed by atoms with Crippen molar-refractivity contribution in [3.8, 4) is 0 Å². The molecule has 3 rings (SSSR count). The summed E-state index contributed by atoms with van der Waals surface area (Å²) in [6.45, 7) is 4.19. The van der Waals surface area contributed by atoms with Crippen LogP contribution in [0.15, 0.2) is 0 Å². The number of hydrogen-bond acceptors (Lipinski definition) is 2. The van der Waals surface area contributed by atoms with Crippen LogP contribution in [0.3, 0.4) is 0 Å². The van der Waals surface area contributed by atoms with Gasteiger partial charge in [0, 0.05) is 12.6 Å². The molecule has 0 heterocycles. The Morgan fingerprint density at radius 3 is 2.47 bits per heavy atom. The third-order valence-electron chi connectivity index (χ3n) is 5.15. The molecule has 3 aliphatic rings. The highest BCUT2D eigenvalue weighted by Crippen LogP contribution is 2.62. The van der Waals surface area contributed by atoms with Crippen LogP contribution in [0.5, 0.6) is 0 Å². The largest absolute Gasteiger partial charge is 0.471 e. The Kier molecular flexibility index (Phi) is 3.58. The molecule has 19 heavy (non-hydrogen) atoms. The number of halogens is 3. The van der Waals surface area contributed by atoms with Crippen LogP contribution in [0.25, 0.3) is 0 Å². The van der Waals surface area contributed by atoms with E-state index in [1.54, 1.807) is 0 Å². The number of rotatable bonds is 3. The molecule has 0 aromatic carbocycles. The second-order valence-corrected chi connectivity index (χ2v) is 6.35. The standard InChI is InChI=1S/C13H20F3NO2/c1-12(2)7-5-9(12)8(3-4-18)10(6-7)17-11(19)13(14,15)16/h7-10,18H,3-6H2,1-2H3,(H,17,19)/t7-,8+,9+,10+/m1/s1. The van der Waals surface area contributed by atoms with E-state index < -0.39 is 18.1 Å². The molecule has 3 aliphatic carbocycles. The van der Waals surface area contributed by atoms with Gasteiger partial charge in [0.15, 0.2) is 0 Å². The van der Waals surface area contributed by atoms with Crippen molar-refractivity contribution in [2.24, 2.45) is 23.2 Å². The van der Waals surface area contributed by atoms with E-state index in [2.05, 4.69) is 19.2 Å². The van der Waals surface area contributed by atoms with Crippen LogP contribution in [-0.2, 0) is 4.79 Å². The Morgan fingerprint density at radius 1 is 1.37 bits per heavy atom. The molecule has 2 bridgehead atoms. The predicted octanol–water partition coefficient (Wildman–Crippen LogP) is 2.10. The number of hydrogen-bond donors (Lipinski definition) is 2. The molecule has 3 saturated carbocycles. The Labute approximate surface area is 110 Å². The summed E-state index contributed by atoms with van der Waals surface area (Å²) >= 11 is 0. The van der Waals surface area contributed by atoms with Crippen LogP contribution in [-0.4, -0.2) is 29.8 Å². The van der Waals surface area contributed by atoms with Crippen molar-refractivity contribution >= 4 is 5.91 Å². The highest BCUT2D eigenvalue weighted by atomic mass is 19.4. The van der Waals surface area contributed by atoms with Crippen molar-refractivity contribution in [1.82, 2.24) is 5.32 Å². The van der Waals surface area contributed by atoms with Gasteiger partial charge >= 0.3 is 12.1 Å². The molecule has 0 aromatic heterocycles. The molecule has 2 N–H and O–H groups in total. The molecule has 0 saturated heterocycles. The van der Waals surface area contributed by atoms with Gasteiger partial charge in [0.1, 0.15) is 0 Å². The molecule has 3 fully saturated rings. The summed E-state index contributed by atoms with van der Waals surface area (Å²) in [6, 6.07) is -0.460. The van der Waals surface area contributed by atoms with E-state index in [1.165, 1.54) is 0 Å². The quantitative estimate of drug-likeness (QED) is 0.831. The highest BCUT2D eigenvalue weighted by Gasteiger charge is 2.58. The van der Waals surface area contributed by atoms with Crippen LogP contribution < -0.4 is 5.32 Å². The van der Waals surface area contributed by atoms with Crippen molar-refractivity contribution < 1.29 is 23.1 Å². The van der Waals surface area contributed by atoms with E-state index in [4.69, 9.17) is 5.11 Å². The fraction of sp³-hybridized carbons (Fsp3) is 0.923. The lowest BCUT2D eigenvalue weighted by Crippen LogP contribution is -2.62. The van der Waals surface area contributed by atoms with E-state index in [-0.39, 0.29) is 23.9 Å². The zero-order valence-corrected chi connectivity index (χ0v) is 11.1. The lowest BCUT2D eigenvalue weighted by atomic mass is 9.44. The molecule has 0 aromatic rings. The lowest BCUT2D eigenvalue weighted by Gasteiger charge is -2.62. The number of carbonyl (C=O) groups excluding carboxylic acids is 1. The zero-order valence-electron chi connectivity index (χ0n) is 11.1. The molecule has 1 amide bonds. The highest BCUT2D eigenvalue weighted by molar-refractivity contribution is 5.82. The van der Waals surface area contributed by atoms with Gasteiger partial charge in [-0.05, 0) is 42.4 Å². The summed E-state index contributed by atoms with van der Waals surface area (Å²) in [5, 5.41) is 11.2. The summed E-state index contributed by atoms with van der Waals surface area (Å²) in [4.78, 5) is 11.1. The van der Waals surface area contributed by atoms with Crippen molar-refractivity contribution in [2.75, 3.05) is 6.61 Å². The minimum atomic E-state index is -4.83. The Hall–Kier alpha value is -0.780. The molecule has 0 unspecified atom stereocenters. The molecule has 0 spiro atoms. The first-order valence-electron chi connectivity index (χ1n) is 6.66. The molecule has 0 radical (unpaired) electrons. The second-order valence-electron chi connectivity index (χ2n) is 6.35. The minimum absolute atomic E-state index is 0.0553. The summed E-state index contributed by atoms with van der Waals surface area (Å²) in [6.07, 6.45) is -2.81. The summed E-state index contributed by atoms with van der Waals surface area (Å²) in [5.74, 6) is -1.27. The van der Waals surface area contributed by atoms with E-state index in [0.29, 0.717) is 18.8 Å². The Morgan fingerprint density at radius 2 is 2.00 bits per heavy atom. The summed E-state index contributed by atoms with van der Waals surface area (Å²) in [7, 11) is 0. The third kappa shape index (κ3) is 2.47. The molecule has 110 valence electrons. The molecular weight excluding hydrogens is 259 g/mol. The number of nitrogens with one attached hydrogen (secondary N) is 1. The average molecular weight is 279 g/mol. The maximum Gasteiger partial charge on any atom is 0.471 e. The predicted molar refractivity (Wildman–Crippen MR) is 63.2 cm³/mol. The molecular formula is C13H20F3NO2. The Bertz CT molecular complexity index is 367. The van der Waals surface area contributed by atoms with Gasteiger partial charge in [-0.15, -0.1) is 0 Å².